The molecule has 26 heavy (non-hydrogen) atoms. The number of nitrogens with one attached hydrogen (secondary N) is 1. The lowest BCUT2D eigenvalue weighted by Gasteiger charge is -2.31. The number of anilines is 2. The van der Waals surface area contributed by atoms with Gasteiger partial charge in [-0.1, -0.05) is 17.4 Å². The van der Waals surface area contributed by atoms with Crippen LogP contribution in [0.3, 0.4) is 0 Å². The van der Waals surface area contributed by atoms with Gasteiger partial charge in [-0.15, -0.1) is 5.10 Å². The minimum Gasteiger partial charge on any atom is -0.346 e. The van der Waals surface area contributed by atoms with Gasteiger partial charge in [0.2, 0.25) is 16.0 Å². The Hall–Kier alpha value is -2.81. The van der Waals surface area contributed by atoms with Crippen molar-refractivity contribution in [1.82, 2.24) is 19.6 Å². The van der Waals surface area contributed by atoms with Crippen molar-refractivity contribution in [2.24, 2.45) is 5.92 Å². The second-order valence-electron chi connectivity index (χ2n) is 6.30. The molecule has 134 valence electrons. The first-order valence-electron chi connectivity index (χ1n) is 8.44. The fraction of sp³-hybridized carbons (Fsp3) is 0.353. The largest absolute Gasteiger partial charge is 0.346 e. The second-order valence-corrected chi connectivity index (χ2v) is 7.24. The Balaban J connectivity index is 1.50. The third kappa shape index (κ3) is 3.30. The first-order chi connectivity index (χ1) is 12.6. The molecule has 0 aromatic carbocycles. The fourth-order valence-corrected chi connectivity index (χ4v) is 3.98. The third-order valence-corrected chi connectivity index (χ3v) is 5.35. The van der Waals surface area contributed by atoms with Crippen LogP contribution in [-0.2, 0) is 4.79 Å². The lowest BCUT2D eigenvalue weighted by Crippen LogP contribution is -2.41. The number of hydrogen-bond donors (Lipinski definition) is 1. The number of amides is 1. The molecule has 0 aliphatic carbocycles. The van der Waals surface area contributed by atoms with E-state index >= 15 is 0 Å². The smallest absolute Gasteiger partial charge is 0.275 e. The minimum atomic E-state index is -0.200. The summed E-state index contributed by atoms with van der Waals surface area (Å²) in [5, 5.41) is 7.98. The average molecular weight is 370 g/mol. The molecule has 1 N–H and O–H groups in total. The van der Waals surface area contributed by atoms with Gasteiger partial charge < -0.3 is 10.2 Å². The standard InChI is InChI=1S/C17H18N6O2S/c1-11-4-2-6-13(19-11)20-15(25)12-5-3-9-22(10-12)17-21-23-14(24)7-8-18-16(23)26-17/h2,4,6-8,12H,3,5,9-10H2,1H3,(H,19,20,25). The van der Waals surface area contributed by atoms with Gasteiger partial charge >= 0.3 is 0 Å². The SMILES string of the molecule is Cc1cccc(NC(=O)C2CCCN(c3nn4c(=O)ccnc4s3)C2)n1. The molecule has 1 aliphatic heterocycles. The van der Waals surface area contributed by atoms with E-state index in [0.717, 1.165) is 25.1 Å². The maximum absolute atomic E-state index is 12.6. The molecule has 1 unspecified atom stereocenters. The van der Waals surface area contributed by atoms with Crippen LogP contribution in [0.4, 0.5) is 10.9 Å². The van der Waals surface area contributed by atoms with Crippen molar-refractivity contribution in [3.63, 3.8) is 0 Å². The van der Waals surface area contributed by atoms with E-state index in [0.29, 0.717) is 22.5 Å². The highest BCUT2D eigenvalue weighted by Gasteiger charge is 2.28. The summed E-state index contributed by atoms with van der Waals surface area (Å²) in [6.07, 6.45) is 3.19. The quantitative estimate of drug-likeness (QED) is 0.754. The van der Waals surface area contributed by atoms with Crippen LogP contribution in [0.5, 0.6) is 0 Å². The molecule has 4 rings (SSSR count). The molecule has 1 saturated heterocycles. The van der Waals surface area contributed by atoms with Gasteiger partial charge in [0.1, 0.15) is 5.82 Å². The lowest BCUT2D eigenvalue weighted by atomic mass is 9.97. The van der Waals surface area contributed by atoms with E-state index in [1.54, 1.807) is 6.07 Å². The van der Waals surface area contributed by atoms with Crippen LogP contribution in [0.1, 0.15) is 18.5 Å². The van der Waals surface area contributed by atoms with E-state index < -0.39 is 0 Å². The number of piperidine rings is 1. The Labute approximate surface area is 153 Å². The Morgan fingerprint density at radius 2 is 2.23 bits per heavy atom. The van der Waals surface area contributed by atoms with Gasteiger partial charge in [-0.25, -0.2) is 9.97 Å². The zero-order valence-corrected chi connectivity index (χ0v) is 15.1. The van der Waals surface area contributed by atoms with Crippen LogP contribution >= 0.6 is 11.3 Å². The van der Waals surface area contributed by atoms with Crippen LogP contribution in [0, 0.1) is 12.8 Å². The summed E-state index contributed by atoms with van der Waals surface area (Å²) in [7, 11) is 0. The number of rotatable bonds is 3. The first kappa shape index (κ1) is 16.6. The highest BCUT2D eigenvalue weighted by molar-refractivity contribution is 7.20. The summed E-state index contributed by atoms with van der Waals surface area (Å²) in [5.41, 5.74) is 0.662. The van der Waals surface area contributed by atoms with E-state index in [4.69, 9.17) is 0 Å². The summed E-state index contributed by atoms with van der Waals surface area (Å²) >= 11 is 1.36. The Bertz CT molecular complexity index is 1010. The van der Waals surface area contributed by atoms with Gasteiger partial charge in [-0.05, 0) is 31.9 Å². The van der Waals surface area contributed by atoms with Crippen molar-refractivity contribution in [2.75, 3.05) is 23.3 Å². The van der Waals surface area contributed by atoms with Crippen molar-refractivity contribution in [3.8, 4) is 0 Å². The molecule has 0 bridgehead atoms. The average Bonchev–Trinajstić information content (AvgIpc) is 3.08. The number of pyridine rings is 1. The molecule has 3 aromatic heterocycles. The highest BCUT2D eigenvalue weighted by atomic mass is 32.1. The minimum absolute atomic E-state index is 0.0378. The first-order valence-corrected chi connectivity index (χ1v) is 9.26. The summed E-state index contributed by atoms with van der Waals surface area (Å²) in [6, 6.07) is 6.94. The number of carbonyl (C=O) groups excluding carboxylic acids is 1. The summed E-state index contributed by atoms with van der Waals surface area (Å²) in [5.74, 6) is 0.384. The van der Waals surface area contributed by atoms with Crippen molar-refractivity contribution < 1.29 is 4.79 Å². The molecule has 9 heteroatoms. The van der Waals surface area contributed by atoms with Crippen molar-refractivity contribution >= 4 is 33.2 Å². The Kier molecular flexibility index (Phi) is 4.37. The molecule has 4 heterocycles. The Morgan fingerprint density at radius 3 is 3.04 bits per heavy atom. The monoisotopic (exact) mass is 370 g/mol. The van der Waals surface area contributed by atoms with Crippen LogP contribution in [0.25, 0.3) is 4.96 Å². The molecule has 0 spiro atoms. The molecule has 1 fully saturated rings. The summed E-state index contributed by atoms with van der Waals surface area (Å²) < 4.78 is 1.31. The van der Waals surface area contributed by atoms with Crippen molar-refractivity contribution in [1.29, 1.82) is 0 Å². The van der Waals surface area contributed by atoms with Gasteiger partial charge in [0.05, 0.1) is 5.92 Å². The van der Waals surface area contributed by atoms with E-state index in [2.05, 4.69) is 25.3 Å². The third-order valence-electron chi connectivity index (χ3n) is 4.36. The number of aromatic nitrogens is 4. The highest BCUT2D eigenvalue weighted by Crippen LogP contribution is 2.27. The number of aryl methyl sites for hydroxylation is 1. The van der Waals surface area contributed by atoms with Crippen LogP contribution in [0.2, 0.25) is 0 Å². The Morgan fingerprint density at radius 1 is 1.35 bits per heavy atom. The van der Waals surface area contributed by atoms with Crippen molar-refractivity contribution in [2.45, 2.75) is 19.8 Å². The predicted octanol–water partition coefficient (Wildman–Crippen LogP) is 1.71. The number of carbonyl (C=O) groups is 1. The molecular weight excluding hydrogens is 352 g/mol. The zero-order chi connectivity index (χ0) is 18.1. The van der Waals surface area contributed by atoms with Gasteiger partial charge in [0.25, 0.3) is 5.56 Å². The van der Waals surface area contributed by atoms with Crippen molar-refractivity contribution in [3.05, 3.63) is 46.5 Å². The molecular formula is C17H18N6O2S. The van der Waals surface area contributed by atoms with Gasteiger partial charge in [0, 0.05) is 31.0 Å². The zero-order valence-electron chi connectivity index (χ0n) is 14.3. The normalized spacial score (nSPS) is 17.4. The number of fused-ring (bicyclic) bond motifs is 1. The van der Waals surface area contributed by atoms with Gasteiger partial charge in [0.15, 0.2) is 0 Å². The maximum atomic E-state index is 12.6. The predicted molar refractivity (Wildman–Crippen MR) is 99.7 cm³/mol. The van der Waals surface area contributed by atoms with E-state index in [1.807, 2.05) is 19.1 Å². The molecule has 1 amide bonds. The second kappa shape index (κ2) is 6.83. The number of nitrogens with zero attached hydrogens (tertiary/aromatic N) is 5. The van der Waals surface area contributed by atoms with Crippen LogP contribution < -0.4 is 15.8 Å². The van der Waals surface area contributed by atoms with E-state index in [-0.39, 0.29) is 17.4 Å². The summed E-state index contributed by atoms with van der Waals surface area (Å²) in [4.78, 5) is 35.6. The van der Waals surface area contributed by atoms with Gasteiger partial charge in [-0.3, -0.25) is 9.59 Å². The molecule has 0 saturated carbocycles. The number of hydrogen-bond acceptors (Lipinski definition) is 7. The van der Waals surface area contributed by atoms with E-state index in [1.165, 1.54) is 28.1 Å². The van der Waals surface area contributed by atoms with Crippen LogP contribution in [0.15, 0.2) is 35.3 Å². The van der Waals surface area contributed by atoms with E-state index in [9.17, 15) is 9.59 Å². The maximum Gasteiger partial charge on any atom is 0.275 e. The lowest BCUT2D eigenvalue weighted by molar-refractivity contribution is -0.120. The molecule has 8 nitrogen and oxygen atoms in total. The molecule has 0 radical (unpaired) electrons. The molecule has 1 atom stereocenters. The fourth-order valence-electron chi connectivity index (χ4n) is 3.07. The topological polar surface area (TPSA) is 92.5 Å². The van der Waals surface area contributed by atoms with Gasteiger partial charge in [-0.2, -0.15) is 4.52 Å². The molecule has 1 aliphatic rings. The molecule has 3 aromatic rings. The summed E-state index contributed by atoms with van der Waals surface area (Å²) in [6.45, 7) is 3.26. The van der Waals surface area contributed by atoms with Crippen LogP contribution in [-0.4, -0.2) is 38.6 Å².